The van der Waals surface area contributed by atoms with E-state index in [0.717, 1.165) is 22.3 Å². The summed E-state index contributed by atoms with van der Waals surface area (Å²) in [6.07, 6.45) is 0. The molecule has 1 aromatic heterocycles. The molecule has 1 heterocycles. The van der Waals surface area contributed by atoms with Gasteiger partial charge in [-0.25, -0.2) is 0 Å². The lowest BCUT2D eigenvalue weighted by Crippen LogP contribution is -2.12. The molecule has 1 radical (unpaired) electrons. The molecule has 0 aliphatic heterocycles. The minimum Gasteiger partial charge on any atom is -0.416 e. The predicted molar refractivity (Wildman–Crippen MR) is 108 cm³/mol. The first kappa shape index (κ1) is 17.2. The first-order valence-corrected chi connectivity index (χ1v) is 9.03. The van der Waals surface area contributed by atoms with Crippen LogP contribution in [0.25, 0.3) is 34.0 Å². The van der Waals surface area contributed by atoms with Crippen LogP contribution in [0.4, 0.5) is 0 Å². The second-order valence-corrected chi connectivity index (χ2v) is 7.57. The third kappa shape index (κ3) is 3.54. The summed E-state index contributed by atoms with van der Waals surface area (Å²) in [5.74, 6) is 1.05. The van der Waals surface area contributed by atoms with E-state index in [4.69, 9.17) is 4.42 Å². The zero-order chi connectivity index (χ0) is 18.9. The maximum atomic E-state index is 5.99. The fraction of sp³-hybridized carbons (Fsp3) is 0.167. The lowest BCUT2D eigenvalue weighted by molar-refractivity contribution is 0.567. The first-order valence-electron chi connectivity index (χ1n) is 9.03. The maximum absolute atomic E-state index is 5.99. The highest BCUT2D eigenvalue weighted by molar-refractivity contribution is 5.67. The van der Waals surface area contributed by atoms with Gasteiger partial charge >= 0.3 is 0 Å². The van der Waals surface area contributed by atoms with Crippen molar-refractivity contribution in [3.63, 3.8) is 0 Å². The van der Waals surface area contributed by atoms with Gasteiger partial charge in [0.25, 0.3) is 0 Å². The van der Waals surface area contributed by atoms with Gasteiger partial charge in [0.15, 0.2) is 0 Å². The van der Waals surface area contributed by atoms with E-state index in [0.29, 0.717) is 11.8 Å². The van der Waals surface area contributed by atoms with Crippen molar-refractivity contribution >= 4 is 0 Å². The first-order chi connectivity index (χ1) is 13.0. The summed E-state index contributed by atoms with van der Waals surface area (Å²) in [6.45, 7) is 6.54. The molecule has 0 unspecified atom stereocenters. The van der Waals surface area contributed by atoms with Crippen LogP contribution in [-0.2, 0) is 5.41 Å². The van der Waals surface area contributed by atoms with E-state index in [2.05, 4.69) is 55.2 Å². The molecule has 4 rings (SSSR count). The molecule has 0 spiro atoms. The average molecular weight is 353 g/mol. The van der Waals surface area contributed by atoms with Gasteiger partial charge in [-0.3, -0.25) is 0 Å². The molecule has 3 nitrogen and oxygen atoms in total. The summed E-state index contributed by atoms with van der Waals surface area (Å²) in [4.78, 5) is 0. The van der Waals surface area contributed by atoms with Gasteiger partial charge in [-0.05, 0) is 46.4 Å². The Morgan fingerprint density at radius 2 is 1.44 bits per heavy atom. The second kappa shape index (κ2) is 6.84. The van der Waals surface area contributed by atoms with Crippen LogP contribution in [0.15, 0.2) is 77.2 Å². The highest BCUT2D eigenvalue weighted by atomic mass is 16.4. The van der Waals surface area contributed by atoms with Crippen LogP contribution >= 0.6 is 0 Å². The Balaban J connectivity index is 1.66. The van der Waals surface area contributed by atoms with Crippen LogP contribution in [0.3, 0.4) is 0 Å². The third-order valence-corrected chi connectivity index (χ3v) is 4.53. The summed E-state index contributed by atoms with van der Waals surface area (Å²) < 4.78 is 5.99. The lowest BCUT2D eigenvalue weighted by atomic mass is 9.84. The molecule has 0 saturated carbocycles. The van der Waals surface area contributed by atoms with Crippen LogP contribution in [0.2, 0.25) is 0 Å². The fourth-order valence-corrected chi connectivity index (χ4v) is 3.13. The zero-order valence-corrected chi connectivity index (χ0v) is 15.7. The topological polar surface area (TPSA) is 38.9 Å². The predicted octanol–water partition coefficient (Wildman–Crippen LogP) is 6.17. The third-order valence-electron chi connectivity index (χ3n) is 4.53. The molecular formula is C24H21N2O. The van der Waals surface area contributed by atoms with E-state index in [1.54, 1.807) is 0 Å². The SMILES string of the molecule is CC(C)(C)c1ccccc1-c1nnc(-c2c[c]c(-c3ccccc3)cc2)o1. The standard InChI is InChI=1S/C24H21N2O/c1-24(2,3)21-12-8-7-11-20(21)23-26-25-22(27-23)19-15-13-18(14-16-19)17-9-5-4-6-10-17/h4-13,15-16H,1-3H3. The van der Waals surface area contributed by atoms with E-state index in [1.165, 1.54) is 5.56 Å². The summed E-state index contributed by atoms with van der Waals surface area (Å²) in [6, 6.07) is 27.6. The van der Waals surface area contributed by atoms with Gasteiger partial charge in [0, 0.05) is 11.1 Å². The van der Waals surface area contributed by atoms with Gasteiger partial charge in [-0.1, -0.05) is 75.4 Å². The lowest BCUT2D eigenvalue weighted by Gasteiger charge is -2.21. The van der Waals surface area contributed by atoms with E-state index in [-0.39, 0.29) is 5.41 Å². The number of aromatic nitrogens is 2. The minimum absolute atomic E-state index is 0.00363. The van der Waals surface area contributed by atoms with Crippen molar-refractivity contribution in [1.82, 2.24) is 10.2 Å². The Morgan fingerprint density at radius 3 is 2.15 bits per heavy atom. The molecule has 0 fully saturated rings. The Morgan fingerprint density at radius 1 is 0.741 bits per heavy atom. The van der Waals surface area contributed by atoms with Gasteiger partial charge in [0.2, 0.25) is 11.8 Å². The van der Waals surface area contributed by atoms with E-state index in [9.17, 15) is 0 Å². The number of hydrogen-bond donors (Lipinski definition) is 0. The van der Waals surface area contributed by atoms with Gasteiger partial charge in [0.05, 0.1) is 0 Å². The van der Waals surface area contributed by atoms with E-state index < -0.39 is 0 Å². The Hall–Kier alpha value is -3.20. The largest absolute Gasteiger partial charge is 0.416 e. The van der Waals surface area contributed by atoms with Crippen LogP contribution in [0, 0.1) is 6.07 Å². The number of benzene rings is 3. The van der Waals surface area contributed by atoms with Gasteiger partial charge in [-0.15, -0.1) is 10.2 Å². The molecule has 0 atom stereocenters. The van der Waals surface area contributed by atoms with Crippen molar-refractivity contribution in [2.45, 2.75) is 26.2 Å². The van der Waals surface area contributed by atoms with Crippen molar-refractivity contribution in [3.8, 4) is 34.0 Å². The summed E-state index contributed by atoms with van der Waals surface area (Å²) in [5, 5.41) is 8.54. The Labute approximate surface area is 159 Å². The molecule has 0 amide bonds. The molecule has 133 valence electrons. The normalized spacial score (nSPS) is 11.5. The molecule has 0 N–H and O–H groups in total. The number of nitrogens with zero attached hydrogens (tertiary/aromatic N) is 2. The average Bonchev–Trinajstić information content (AvgIpc) is 3.18. The molecule has 3 aromatic carbocycles. The minimum atomic E-state index is -0.00363. The smallest absolute Gasteiger partial charge is 0.248 e. The summed E-state index contributed by atoms with van der Waals surface area (Å²) in [7, 11) is 0. The Kier molecular flexibility index (Phi) is 4.36. The van der Waals surface area contributed by atoms with E-state index in [1.807, 2.05) is 54.6 Å². The van der Waals surface area contributed by atoms with Crippen molar-refractivity contribution in [1.29, 1.82) is 0 Å². The van der Waals surface area contributed by atoms with Gasteiger partial charge in [-0.2, -0.15) is 0 Å². The quantitative estimate of drug-likeness (QED) is 0.442. The number of hydrogen-bond acceptors (Lipinski definition) is 3. The van der Waals surface area contributed by atoms with Gasteiger partial charge in [0.1, 0.15) is 0 Å². The van der Waals surface area contributed by atoms with Crippen molar-refractivity contribution < 1.29 is 4.42 Å². The maximum Gasteiger partial charge on any atom is 0.248 e. The molecule has 3 heteroatoms. The monoisotopic (exact) mass is 353 g/mol. The summed E-state index contributed by atoms with van der Waals surface area (Å²) >= 11 is 0. The molecule has 27 heavy (non-hydrogen) atoms. The van der Waals surface area contributed by atoms with Crippen LogP contribution in [-0.4, -0.2) is 10.2 Å². The van der Waals surface area contributed by atoms with Crippen molar-refractivity contribution in [2.75, 3.05) is 0 Å². The Bertz CT molecular complexity index is 1040. The van der Waals surface area contributed by atoms with Crippen molar-refractivity contribution in [3.05, 3.63) is 84.4 Å². The van der Waals surface area contributed by atoms with Gasteiger partial charge < -0.3 is 4.42 Å². The van der Waals surface area contributed by atoms with Crippen LogP contribution < -0.4 is 0 Å². The van der Waals surface area contributed by atoms with Crippen LogP contribution in [0.1, 0.15) is 26.3 Å². The fourth-order valence-electron chi connectivity index (χ4n) is 3.13. The molecular weight excluding hydrogens is 332 g/mol. The highest BCUT2D eigenvalue weighted by Crippen LogP contribution is 2.33. The van der Waals surface area contributed by atoms with Crippen molar-refractivity contribution in [2.24, 2.45) is 0 Å². The molecule has 4 aromatic rings. The molecule has 0 aliphatic carbocycles. The van der Waals surface area contributed by atoms with Crippen LogP contribution in [0.5, 0.6) is 0 Å². The molecule has 0 bridgehead atoms. The molecule has 0 aliphatic rings. The number of rotatable bonds is 3. The highest BCUT2D eigenvalue weighted by Gasteiger charge is 2.21. The zero-order valence-electron chi connectivity index (χ0n) is 15.7. The molecule has 0 saturated heterocycles. The summed E-state index contributed by atoms with van der Waals surface area (Å²) in [5.41, 5.74) is 5.20. The second-order valence-electron chi connectivity index (χ2n) is 7.57. The van der Waals surface area contributed by atoms with E-state index >= 15 is 0 Å².